The summed E-state index contributed by atoms with van der Waals surface area (Å²) in [6, 6.07) is 54.2. The van der Waals surface area contributed by atoms with Gasteiger partial charge in [0.15, 0.2) is 11.6 Å². The predicted octanol–water partition coefficient (Wildman–Crippen LogP) is 10.5. The summed E-state index contributed by atoms with van der Waals surface area (Å²) < 4.78 is 0. The molecule has 6 aromatic carbocycles. The lowest BCUT2D eigenvalue weighted by Crippen LogP contribution is -1.98. The summed E-state index contributed by atoms with van der Waals surface area (Å²) in [4.78, 5) is 14.2. The zero-order valence-corrected chi connectivity index (χ0v) is 24.0. The number of hydrogen-bond donors (Lipinski definition) is 0. The second-order valence-corrected chi connectivity index (χ2v) is 10.7. The number of nitrogens with zero attached hydrogens (tertiary/aromatic N) is 3. The van der Waals surface area contributed by atoms with E-state index in [1.807, 2.05) is 72.8 Å². The van der Waals surface area contributed by atoms with E-state index in [-0.39, 0.29) is 5.28 Å². The zero-order chi connectivity index (χ0) is 29.0. The van der Waals surface area contributed by atoms with Crippen molar-refractivity contribution in [1.82, 2.24) is 15.0 Å². The largest absolute Gasteiger partial charge is 0.226 e. The Balaban J connectivity index is 1.40. The fourth-order valence-electron chi connectivity index (χ4n) is 5.31. The van der Waals surface area contributed by atoms with Crippen molar-refractivity contribution in [2.24, 2.45) is 0 Å². The van der Waals surface area contributed by atoms with E-state index in [1.54, 1.807) is 0 Å². The molecule has 0 aliphatic rings. The number of aromatic nitrogens is 3. The maximum absolute atomic E-state index is 6.61. The Bertz CT molecular complexity index is 1750. The highest BCUT2D eigenvalue weighted by Gasteiger charge is 2.15. The van der Waals surface area contributed by atoms with Gasteiger partial charge in [0.1, 0.15) is 0 Å². The summed E-state index contributed by atoms with van der Waals surface area (Å²) in [6.07, 6.45) is 0. The summed E-state index contributed by atoms with van der Waals surface area (Å²) >= 11 is 6.61. The van der Waals surface area contributed by atoms with Gasteiger partial charge in [-0.15, -0.1) is 0 Å². The van der Waals surface area contributed by atoms with Gasteiger partial charge >= 0.3 is 0 Å². The van der Waals surface area contributed by atoms with Crippen LogP contribution in [0.4, 0.5) is 0 Å². The highest BCUT2D eigenvalue weighted by Crippen LogP contribution is 2.35. The first-order valence-corrected chi connectivity index (χ1v) is 14.5. The molecule has 0 saturated heterocycles. The first-order chi connectivity index (χ1) is 21.2. The van der Waals surface area contributed by atoms with Gasteiger partial charge in [0.25, 0.3) is 0 Å². The van der Waals surface area contributed by atoms with Gasteiger partial charge in [-0.3, -0.25) is 0 Å². The third-order valence-corrected chi connectivity index (χ3v) is 7.59. The first kappa shape index (κ1) is 26.5. The maximum Gasteiger partial charge on any atom is 0.226 e. The second-order valence-electron chi connectivity index (χ2n) is 10.3. The van der Waals surface area contributed by atoms with Crippen molar-refractivity contribution in [2.75, 3.05) is 0 Å². The summed E-state index contributed by atoms with van der Waals surface area (Å²) in [6.45, 7) is 0. The molecule has 0 aliphatic heterocycles. The molecule has 0 atom stereocenters. The summed E-state index contributed by atoms with van der Waals surface area (Å²) in [5.74, 6) is 1.05. The Kier molecular flexibility index (Phi) is 7.31. The van der Waals surface area contributed by atoms with Crippen molar-refractivity contribution >= 4 is 11.6 Å². The van der Waals surface area contributed by atoms with E-state index in [2.05, 4.69) is 94.9 Å². The van der Waals surface area contributed by atoms with E-state index in [4.69, 9.17) is 16.6 Å². The number of benzene rings is 6. The van der Waals surface area contributed by atoms with Crippen LogP contribution in [-0.4, -0.2) is 15.0 Å². The molecule has 43 heavy (non-hydrogen) atoms. The molecule has 0 aliphatic carbocycles. The lowest BCUT2D eigenvalue weighted by molar-refractivity contribution is 1.07. The number of halogens is 1. The second kappa shape index (κ2) is 11.8. The molecule has 0 fully saturated rings. The molecule has 0 bridgehead atoms. The maximum atomic E-state index is 6.61. The number of rotatable bonds is 6. The van der Waals surface area contributed by atoms with Crippen LogP contribution < -0.4 is 0 Å². The molecule has 3 nitrogen and oxygen atoms in total. The van der Waals surface area contributed by atoms with Crippen LogP contribution in [0.2, 0.25) is 5.28 Å². The molecule has 1 aromatic heterocycles. The molecular weight excluding hydrogens is 546 g/mol. The lowest BCUT2D eigenvalue weighted by atomic mass is 9.95. The highest BCUT2D eigenvalue weighted by molar-refractivity contribution is 6.28. The highest BCUT2D eigenvalue weighted by atomic mass is 35.5. The van der Waals surface area contributed by atoms with E-state index in [0.29, 0.717) is 11.6 Å². The van der Waals surface area contributed by atoms with Crippen LogP contribution >= 0.6 is 11.6 Å². The molecule has 0 N–H and O–H groups in total. The third kappa shape index (κ3) is 5.85. The monoisotopic (exact) mass is 571 g/mol. The predicted molar refractivity (Wildman–Crippen MR) is 177 cm³/mol. The fourth-order valence-corrected chi connectivity index (χ4v) is 5.47. The molecule has 0 radical (unpaired) electrons. The molecule has 0 amide bonds. The minimum atomic E-state index is 0.151. The van der Waals surface area contributed by atoms with Crippen LogP contribution in [0.5, 0.6) is 0 Å². The molecular formula is C39H26ClN3. The average molecular weight is 572 g/mol. The summed E-state index contributed by atoms with van der Waals surface area (Å²) in [5.41, 5.74) is 10.5. The quantitative estimate of drug-likeness (QED) is 0.199. The fraction of sp³-hybridized carbons (Fsp3) is 0. The van der Waals surface area contributed by atoms with E-state index < -0.39 is 0 Å². The molecule has 204 valence electrons. The topological polar surface area (TPSA) is 38.7 Å². The lowest BCUT2D eigenvalue weighted by Gasteiger charge is -2.13. The van der Waals surface area contributed by atoms with Crippen LogP contribution in [0.15, 0.2) is 158 Å². The van der Waals surface area contributed by atoms with Crippen molar-refractivity contribution in [3.05, 3.63) is 163 Å². The molecule has 1 heterocycles. The van der Waals surface area contributed by atoms with Crippen molar-refractivity contribution in [3.8, 4) is 67.3 Å². The van der Waals surface area contributed by atoms with Crippen LogP contribution in [-0.2, 0) is 0 Å². The Morgan fingerprint density at radius 1 is 0.279 bits per heavy atom. The van der Waals surface area contributed by atoms with Crippen molar-refractivity contribution in [1.29, 1.82) is 0 Å². The van der Waals surface area contributed by atoms with Gasteiger partial charge in [-0.25, -0.2) is 4.98 Å². The Hall–Kier alpha value is -5.38. The standard InChI is InChI=1S/C39H26ClN3/c40-39-42-37(35-23-31(27-13-5-1-6-14-27)21-32(24-35)28-15-7-2-8-16-28)41-38(43-39)36-25-33(29-17-9-3-10-18-29)22-34(26-36)30-19-11-4-12-20-30/h1-26H. The van der Waals surface area contributed by atoms with E-state index in [9.17, 15) is 0 Å². The van der Waals surface area contributed by atoms with Gasteiger partial charge < -0.3 is 0 Å². The van der Waals surface area contributed by atoms with Gasteiger partial charge in [0.05, 0.1) is 0 Å². The minimum absolute atomic E-state index is 0.151. The normalized spacial score (nSPS) is 10.9. The third-order valence-electron chi connectivity index (χ3n) is 7.42. The Morgan fingerprint density at radius 2 is 0.535 bits per heavy atom. The average Bonchev–Trinajstić information content (AvgIpc) is 3.09. The summed E-state index contributed by atoms with van der Waals surface area (Å²) in [5, 5.41) is 0.151. The molecule has 7 rings (SSSR count). The van der Waals surface area contributed by atoms with Crippen molar-refractivity contribution < 1.29 is 0 Å². The Labute approximate surface area is 256 Å². The summed E-state index contributed by atoms with van der Waals surface area (Å²) in [7, 11) is 0. The van der Waals surface area contributed by atoms with Crippen LogP contribution in [0.25, 0.3) is 67.3 Å². The molecule has 4 heteroatoms. The van der Waals surface area contributed by atoms with Crippen LogP contribution in [0, 0.1) is 0 Å². The molecule has 0 spiro atoms. The number of hydrogen-bond acceptors (Lipinski definition) is 3. The molecule has 7 aromatic rings. The molecule has 0 unspecified atom stereocenters. The zero-order valence-electron chi connectivity index (χ0n) is 23.2. The van der Waals surface area contributed by atoms with Gasteiger partial charge in [-0.05, 0) is 92.5 Å². The van der Waals surface area contributed by atoms with Crippen molar-refractivity contribution in [2.45, 2.75) is 0 Å². The smallest absolute Gasteiger partial charge is 0.208 e. The van der Waals surface area contributed by atoms with Gasteiger partial charge in [-0.2, -0.15) is 9.97 Å². The molecule has 0 saturated carbocycles. The van der Waals surface area contributed by atoms with Gasteiger partial charge in [0.2, 0.25) is 5.28 Å². The van der Waals surface area contributed by atoms with Gasteiger partial charge in [-0.1, -0.05) is 121 Å². The Morgan fingerprint density at radius 3 is 0.814 bits per heavy atom. The van der Waals surface area contributed by atoms with Gasteiger partial charge in [0, 0.05) is 11.1 Å². The van der Waals surface area contributed by atoms with Crippen LogP contribution in [0.1, 0.15) is 0 Å². The van der Waals surface area contributed by atoms with Crippen molar-refractivity contribution in [3.63, 3.8) is 0 Å². The SMILES string of the molecule is Clc1nc(-c2cc(-c3ccccc3)cc(-c3ccccc3)c2)nc(-c2cc(-c3ccccc3)cc(-c3ccccc3)c2)n1. The first-order valence-electron chi connectivity index (χ1n) is 14.1. The van der Waals surface area contributed by atoms with Crippen LogP contribution in [0.3, 0.4) is 0 Å². The van der Waals surface area contributed by atoms with E-state index >= 15 is 0 Å². The van der Waals surface area contributed by atoms with E-state index in [1.165, 1.54) is 0 Å². The minimum Gasteiger partial charge on any atom is -0.208 e. The van der Waals surface area contributed by atoms with E-state index in [0.717, 1.165) is 55.6 Å².